The van der Waals surface area contributed by atoms with Crippen molar-refractivity contribution < 1.29 is 5.11 Å². The molecule has 22 heavy (non-hydrogen) atoms. The molecular weight excluding hydrogens is 268 g/mol. The Labute approximate surface area is 128 Å². The van der Waals surface area contributed by atoms with Crippen LogP contribution in [0.3, 0.4) is 0 Å². The molecule has 0 aromatic heterocycles. The molecule has 0 bridgehead atoms. The second-order valence-electron chi connectivity index (χ2n) is 5.90. The van der Waals surface area contributed by atoms with Gasteiger partial charge in [0.15, 0.2) is 0 Å². The first kappa shape index (κ1) is 12.0. The molecule has 104 valence electrons. The summed E-state index contributed by atoms with van der Waals surface area (Å²) in [4.78, 5) is 0. The monoisotopic (exact) mass is 282 g/mol. The summed E-state index contributed by atoms with van der Waals surface area (Å²) in [6, 6.07) is 25.1. The van der Waals surface area contributed by atoms with Crippen LogP contribution in [0.15, 0.2) is 72.8 Å². The van der Waals surface area contributed by atoms with Crippen LogP contribution in [-0.2, 0) is 0 Å². The molecule has 1 N–H and O–H groups in total. The highest BCUT2D eigenvalue weighted by Crippen LogP contribution is 2.48. The first-order chi connectivity index (χ1) is 10.8. The van der Waals surface area contributed by atoms with E-state index in [0.717, 1.165) is 33.0 Å². The first-order valence-electron chi connectivity index (χ1n) is 7.56. The van der Waals surface area contributed by atoms with E-state index in [1.54, 1.807) is 0 Å². The molecule has 5 rings (SSSR count). The fourth-order valence-corrected chi connectivity index (χ4v) is 3.79. The minimum absolute atomic E-state index is 0.554. The average molecular weight is 282 g/mol. The molecule has 4 aromatic carbocycles. The van der Waals surface area contributed by atoms with Gasteiger partial charge in [0, 0.05) is 11.1 Å². The maximum absolute atomic E-state index is 11.0. The minimum Gasteiger partial charge on any atom is -0.384 e. The van der Waals surface area contributed by atoms with Crippen molar-refractivity contribution in [3.05, 3.63) is 83.9 Å². The number of aliphatic hydroxyl groups is 1. The van der Waals surface area contributed by atoms with Gasteiger partial charge in [-0.15, -0.1) is 0 Å². The van der Waals surface area contributed by atoms with Crippen molar-refractivity contribution in [2.24, 2.45) is 0 Å². The largest absolute Gasteiger partial charge is 0.384 e. The number of hydrogen-bond acceptors (Lipinski definition) is 1. The van der Waals surface area contributed by atoms with E-state index >= 15 is 0 Å². The van der Waals surface area contributed by atoms with Gasteiger partial charge < -0.3 is 5.11 Å². The summed E-state index contributed by atoms with van der Waals surface area (Å²) >= 11 is 0. The van der Waals surface area contributed by atoms with Gasteiger partial charge in [-0.05, 0) is 32.7 Å². The Morgan fingerprint density at radius 3 is 1.50 bits per heavy atom. The zero-order valence-electron chi connectivity index (χ0n) is 12.0. The lowest BCUT2D eigenvalue weighted by atomic mass is 9.98. The summed E-state index contributed by atoms with van der Waals surface area (Å²) < 4.78 is 0. The normalized spacial score (nSPS) is 13.5. The Morgan fingerprint density at radius 2 is 1.00 bits per heavy atom. The third kappa shape index (κ3) is 1.41. The highest BCUT2D eigenvalue weighted by Gasteiger charge is 2.30. The number of hydrogen-bond donors (Lipinski definition) is 1. The van der Waals surface area contributed by atoms with Crippen LogP contribution in [0.1, 0.15) is 17.2 Å². The van der Waals surface area contributed by atoms with E-state index < -0.39 is 6.10 Å². The molecule has 0 radical (unpaired) electrons. The van der Waals surface area contributed by atoms with Crippen LogP contribution in [0.4, 0.5) is 0 Å². The van der Waals surface area contributed by atoms with E-state index in [1.807, 2.05) is 24.3 Å². The van der Waals surface area contributed by atoms with Gasteiger partial charge >= 0.3 is 0 Å². The maximum atomic E-state index is 11.0. The van der Waals surface area contributed by atoms with Crippen LogP contribution in [-0.4, -0.2) is 5.11 Å². The van der Waals surface area contributed by atoms with Crippen molar-refractivity contribution >= 4 is 21.5 Å². The first-order valence-corrected chi connectivity index (χ1v) is 7.56. The van der Waals surface area contributed by atoms with Crippen molar-refractivity contribution in [1.82, 2.24) is 0 Å². The molecule has 0 amide bonds. The minimum atomic E-state index is -0.554. The average Bonchev–Trinajstić information content (AvgIpc) is 2.88. The Hall–Kier alpha value is -2.64. The molecule has 0 saturated carbocycles. The van der Waals surface area contributed by atoms with Gasteiger partial charge in [-0.1, -0.05) is 72.8 Å². The molecule has 4 aromatic rings. The lowest BCUT2D eigenvalue weighted by molar-refractivity contribution is 0.228. The molecule has 0 fully saturated rings. The molecule has 0 heterocycles. The fraction of sp³-hybridized carbons (Fsp3) is 0.0476. The lowest BCUT2D eigenvalue weighted by Gasteiger charge is -2.11. The molecule has 1 aliphatic rings. The zero-order chi connectivity index (χ0) is 14.7. The summed E-state index contributed by atoms with van der Waals surface area (Å²) in [6.07, 6.45) is -0.554. The molecule has 1 heteroatoms. The van der Waals surface area contributed by atoms with E-state index in [2.05, 4.69) is 48.5 Å². The Kier molecular flexibility index (Phi) is 2.28. The molecular formula is C21H14O. The Balaban J connectivity index is 1.93. The summed E-state index contributed by atoms with van der Waals surface area (Å²) in [5.74, 6) is 0. The smallest absolute Gasteiger partial charge is 0.106 e. The predicted octanol–water partition coefficient (Wildman–Crippen LogP) is 5.06. The molecule has 0 aliphatic heterocycles. The van der Waals surface area contributed by atoms with E-state index in [4.69, 9.17) is 0 Å². The fourth-order valence-electron chi connectivity index (χ4n) is 3.79. The number of benzene rings is 4. The SMILES string of the molecule is OC1c2c(ccc3ccccc23)-c2ccc3ccccc3c21. The highest BCUT2D eigenvalue weighted by molar-refractivity contribution is 6.01. The molecule has 0 unspecified atom stereocenters. The van der Waals surface area contributed by atoms with E-state index in [-0.39, 0.29) is 0 Å². The third-order valence-electron chi connectivity index (χ3n) is 4.78. The number of fused-ring (bicyclic) bond motifs is 7. The molecule has 1 nitrogen and oxygen atoms in total. The van der Waals surface area contributed by atoms with Gasteiger partial charge in [0.25, 0.3) is 0 Å². The topological polar surface area (TPSA) is 20.2 Å². The standard InChI is InChI=1S/C21H14O/c22-21-19-15-7-3-1-5-13(15)9-11-17(19)18-12-10-14-6-2-4-8-16(14)20(18)21/h1-12,21-22H. The number of aliphatic hydroxyl groups excluding tert-OH is 1. The summed E-state index contributed by atoms with van der Waals surface area (Å²) in [5.41, 5.74) is 4.41. The van der Waals surface area contributed by atoms with Crippen LogP contribution >= 0.6 is 0 Å². The van der Waals surface area contributed by atoms with Crippen LogP contribution < -0.4 is 0 Å². The molecule has 1 aliphatic carbocycles. The van der Waals surface area contributed by atoms with Gasteiger partial charge in [0.2, 0.25) is 0 Å². The maximum Gasteiger partial charge on any atom is 0.106 e. The second-order valence-corrected chi connectivity index (χ2v) is 5.90. The van der Waals surface area contributed by atoms with Crippen LogP contribution in [0.5, 0.6) is 0 Å². The van der Waals surface area contributed by atoms with Gasteiger partial charge in [-0.25, -0.2) is 0 Å². The molecule has 0 saturated heterocycles. The van der Waals surface area contributed by atoms with Crippen LogP contribution in [0.2, 0.25) is 0 Å². The van der Waals surface area contributed by atoms with Crippen molar-refractivity contribution in [1.29, 1.82) is 0 Å². The van der Waals surface area contributed by atoms with E-state index in [0.29, 0.717) is 0 Å². The second kappa shape index (κ2) is 4.19. The van der Waals surface area contributed by atoms with Gasteiger partial charge in [0.1, 0.15) is 6.10 Å². The summed E-state index contributed by atoms with van der Waals surface area (Å²) in [5, 5.41) is 15.7. The van der Waals surface area contributed by atoms with Crippen LogP contribution in [0, 0.1) is 0 Å². The van der Waals surface area contributed by atoms with Gasteiger partial charge in [-0.3, -0.25) is 0 Å². The van der Waals surface area contributed by atoms with Crippen molar-refractivity contribution in [2.45, 2.75) is 6.10 Å². The molecule has 0 spiro atoms. The van der Waals surface area contributed by atoms with E-state index in [9.17, 15) is 5.11 Å². The molecule has 0 atom stereocenters. The van der Waals surface area contributed by atoms with E-state index in [1.165, 1.54) is 10.8 Å². The Bertz CT molecular complexity index is 961. The quantitative estimate of drug-likeness (QED) is 0.478. The Morgan fingerprint density at radius 1 is 0.545 bits per heavy atom. The highest BCUT2D eigenvalue weighted by atomic mass is 16.3. The van der Waals surface area contributed by atoms with Gasteiger partial charge in [0.05, 0.1) is 0 Å². The summed E-state index contributed by atoms with van der Waals surface area (Å²) in [7, 11) is 0. The van der Waals surface area contributed by atoms with Gasteiger partial charge in [-0.2, -0.15) is 0 Å². The zero-order valence-corrected chi connectivity index (χ0v) is 12.0. The third-order valence-corrected chi connectivity index (χ3v) is 4.78. The van der Waals surface area contributed by atoms with Crippen molar-refractivity contribution in [3.8, 4) is 11.1 Å². The summed E-state index contributed by atoms with van der Waals surface area (Å²) in [6.45, 7) is 0. The number of rotatable bonds is 0. The van der Waals surface area contributed by atoms with Crippen LogP contribution in [0.25, 0.3) is 32.7 Å². The lowest BCUT2D eigenvalue weighted by Crippen LogP contribution is -1.96. The van der Waals surface area contributed by atoms with Crippen molar-refractivity contribution in [3.63, 3.8) is 0 Å². The predicted molar refractivity (Wildman–Crippen MR) is 91.0 cm³/mol. The van der Waals surface area contributed by atoms with Crippen molar-refractivity contribution in [2.75, 3.05) is 0 Å².